The summed E-state index contributed by atoms with van der Waals surface area (Å²) in [4.78, 5) is 11.0. The van der Waals surface area contributed by atoms with Gasteiger partial charge in [0.25, 0.3) is 0 Å². The number of ether oxygens (including phenoxy) is 2. The van der Waals surface area contributed by atoms with E-state index < -0.39 is 0 Å². The van der Waals surface area contributed by atoms with E-state index in [1.807, 2.05) is 6.92 Å². The van der Waals surface area contributed by atoms with E-state index in [0.29, 0.717) is 0 Å². The zero-order chi connectivity index (χ0) is 12.6. The van der Waals surface area contributed by atoms with Crippen LogP contribution >= 0.6 is 0 Å². The highest BCUT2D eigenvalue weighted by atomic mass is 16.5. The summed E-state index contributed by atoms with van der Waals surface area (Å²) in [6, 6.07) is 0. The van der Waals surface area contributed by atoms with E-state index in [4.69, 9.17) is 4.74 Å². The van der Waals surface area contributed by atoms with Crippen molar-refractivity contribution in [2.45, 2.75) is 52.1 Å². The minimum atomic E-state index is -0.275. The standard InChI is InChI=1S/C13H24O3/c1-6-13(3,16-5)9-7-8-11(2)10-12(14)15-4/h10H,6-9H2,1-5H3/b11-10+. The third kappa shape index (κ3) is 5.91. The van der Waals surface area contributed by atoms with Gasteiger partial charge in [-0.25, -0.2) is 4.79 Å². The lowest BCUT2D eigenvalue weighted by Gasteiger charge is -2.26. The molecule has 0 aliphatic carbocycles. The summed E-state index contributed by atoms with van der Waals surface area (Å²) in [6.07, 6.45) is 5.50. The number of hydrogen-bond acceptors (Lipinski definition) is 3. The van der Waals surface area contributed by atoms with E-state index in [-0.39, 0.29) is 11.6 Å². The zero-order valence-corrected chi connectivity index (χ0v) is 11.1. The van der Waals surface area contributed by atoms with Gasteiger partial charge < -0.3 is 9.47 Å². The van der Waals surface area contributed by atoms with Crippen LogP contribution in [0.1, 0.15) is 46.5 Å². The summed E-state index contributed by atoms with van der Waals surface area (Å²) in [7, 11) is 3.14. The van der Waals surface area contributed by atoms with Crippen LogP contribution in [0.3, 0.4) is 0 Å². The van der Waals surface area contributed by atoms with Gasteiger partial charge in [-0.2, -0.15) is 0 Å². The summed E-state index contributed by atoms with van der Waals surface area (Å²) in [6.45, 7) is 6.19. The van der Waals surface area contributed by atoms with Crippen LogP contribution in [0.2, 0.25) is 0 Å². The van der Waals surface area contributed by atoms with Gasteiger partial charge in [0.1, 0.15) is 0 Å². The predicted octanol–water partition coefficient (Wildman–Crippen LogP) is 3.09. The number of rotatable bonds is 7. The van der Waals surface area contributed by atoms with Crippen molar-refractivity contribution >= 4 is 5.97 Å². The van der Waals surface area contributed by atoms with Crippen LogP contribution in [0.25, 0.3) is 0 Å². The molecule has 0 aromatic carbocycles. The van der Waals surface area contributed by atoms with E-state index in [1.165, 1.54) is 7.11 Å². The first-order valence-electron chi connectivity index (χ1n) is 5.77. The Labute approximate surface area is 98.8 Å². The van der Waals surface area contributed by atoms with E-state index in [1.54, 1.807) is 13.2 Å². The van der Waals surface area contributed by atoms with Gasteiger partial charge in [-0.05, 0) is 39.5 Å². The molecule has 0 aliphatic heterocycles. The molecule has 0 N–H and O–H groups in total. The molecular weight excluding hydrogens is 204 g/mol. The highest BCUT2D eigenvalue weighted by molar-refractivity contribution is 5.82. The van der Waals surface area contributed by atoms with Gasteiger partial charge in [0.2, 0.25) is 0 Å². The summed E-state index contributed by atoms with van der Waals surface area (Å²) >= 11 is 0. The molecule has 3 nitrogen and oxygen atoms in total. The van der Waals surface area contributed by atoms with Crippen molar-refractivity contribution in [3.05, 3.63) is 11.6 Å². The Morgan fingerprint density at radius 2 is 2.00 bits per heavy atom. The fourth-order valence-corrected chi connectivity index (χ4v) is 1.50. The molecule has 0 aromatic rings. The lowest BCUT2D eigenvalue weighted by atomic mass is 9.94. The van der Waals surface area contributed by atoms with Gasteiger partial charge in [-0.3, -0.25) is 0 Å². The maximum atomic E-state index is 11.0. The maximum absolute atomic E-state index is 11.0. The third-order valence-electron chi connectivity index (χ3n) is 3.08. The molecule has 0 fully saturated rings. The molecule has 0 bridgehead atoms. The molecule has 1 atom stereocenters. The predicted molar refractivity (Wildman–Crippen MR) is 65.3 cm³/mol. The fourth-order valence-electron chi connectivity index (χ4n) is 1.50. The van der Waals surface area contributed by atoms with Crippen LogP contribution in [0, 0.1) is 0 Å². The lowest BCUT2D eigenvalue weighted by molar-refractivity contribution is -0.134. The number of allylic oxidation sites excluding steroid dienone is 1. The normalized spacial score (nSPS) is 15.7. The van der Waals surface area contributed by atoms with E-state index in [0.717, 1.165) is 31.3 Å². The minimum absolute atomic E-state index is 0.0362. The van der Waals surface area contributed by atoms with Crippen LogP contribution < -0.4 is 0 Å². The first-order chi connectivity index (χ1) is 7.47. The number of hydrogen-bond donors (Lipinski definition) is 0. The second-order valence-corrected chi connectivity index (χ2v) is 4.37. The Bertz CT molecular complexity index is 240. The van der Waals surface area contributed by atoms with Crippen molar-refractivity contribution in [2.24, 2.45) is 0 Å². The molecule has 0 radical (unpaired) electrons. The fraction of sp³-hybridized carbons (Fsp3) is 0.769. The summed E-state index contributed by atoms with van der Waals surface area (Å²) < 4.78 is 10.0. The summed E-state index contributed by atoms with van der Waals surface area (Å²) in [5, 5.41) is 0. The van der Waals surface area contributed by atoms with E-state index in [9.17, 15) is 4.79 Å². The number of carbonyl (C=O) groups is 1. The molecule has 0 aromatic heterocycles. The minimum Gasteiger partial charge on any atom is -0.466 e. The molecule has 1 unspecified atom stereocenters. The molecule has 0 aliphatic rings. The van der Waals surface area contributed by atoms with Gasteiger partial charge in [0, 0.05) is 13.2 Å². The molecule has 0 saturated carbocycles. The van der Waals surface area contributed by atoms with E-state index in [2.05, 4.69) is 18.6 Å². The Kier molecular flexibility index (Phi) is 7.06. The quantitative estimate of drug-likeness (QED) is 0.496. The van der Waals surface area contributed by atoms with Crippen molar-refractivity contribution in [3.8, 4) is 0 Å². The molecule has 0 amide bonds. The third-order valence-corrected chi connectivity index (χ3v) is 3.08. The van der Waals surface area contributed by atoms with Gasteiger partial charge in [0.15, 0.2) is 0 Å². The molecular formula is C13H24O3. The van der Waals surface area contributed by atoms with Crippen LogP contribution in [-0.4, -0.2) is 25.8 Å². The molecule has 0 saturated heterocycles. The topological polar surface area (TPSA) is 35.5 Å². The average Bonchev–Trinajstić information content (AvgIpc) is 2.28. The maximum Gasteiger partial charge on any atom is 0.330 e. The second-order valence-electron chi connectivity index (χ2n) is 4.37. The van der Waals surface area contributed by atoms with Gasteiger partial charge in [-0.15, -0.1) is 0 Å². The highest BCUT2D eigenvalue weighted by Gasteiger charge is 2.19. The van der Waals surface area contributed by atoms with Crippen molar-refractivity contribution in [1.29, 1.82) is 0 Å². The lowest BCUT2D eigenvalue weighted by Crippen LogP contribution is -2.25. The van der Waals surface area contributed by atoms with Crippen LogP contribution in [0.5, 0.6) is 0 Å². The number of esters is 1. The monoisotopic (exact) mass is 228 g/mol. The van der Waals surface area contributed by atoms with E-state index >= 15 is 0 Å². The van der Waals surface area contributed by atoms with Crippen molar-refractivity contribution in [2.75, 3.05) is 14.2 Å². The van der Waals surface area contributed by atoms with Crippen molar-refractivity contribution in [1.82, 2.24) is 0 Å². The molecule has 0 heterocycles. The van der Waals surface area contributed by atoms with Crippen LogP contribution in [0.4, 0.5) is 0 Å². The average molecular weight is 228 g/mol. The number of methoxy groups -OCH3 is 2. The van der Waals surface area contributed by atoms with Gasteiger partial charge >= 0.3 is 5.97 Å². The molecule has 94 valence electrons. The van der Waals surface area contributed by atoms with Crippen molar-refractivity contribution < 1.29 is 14.3 Å². The Balaban J connectivity index is 3.98. The molecule has 3 heteroatoms. The Morgan fingerprint density at radius 1 is 1.38 bits per heavy atom. The van der Waals surface area contributed by atoms with Gasteiger partial charge in [0.05, 0.1) is 12.7 Å². The molecule has 0 rings (SSSR count). The smallest absolute Gasteiger partial charge is 0.330 e. The SMILES string of the molecule is CCC(C)(CCC/C(C)=C/C(=O)OC)OC. The first kappa shape index (κ1) is 15.2. The zero-order valence-electron chi connectivity index (χ0n) is 11.1. The Morgan fingerprint density at radius 3 is 2.44 bits per heavy atom. The van der Waals surface area contributed by atoms with Gasteiger partial charge in [-0.1, -0.05) is 12.5 Å². The largest absolute Gasteiger partial charge is 0.466 e. The highest BCUT2D eigenvalue weighted by Crippen LogP contribution is 2.22. The number of carbonyl (C=O) groups excluding carboxylic acids is 1. The first-order valence-corrected chi connectivity index (χ1v) is 5.77. The molecule has 16 heavy (non-hydrogen) atoms. The summed E-state index contributed by atoms with van der Waals surface area (Å²) in [5.41, 5.74) is 1.02. The molecule has 0 spiro atoms. The van der Waals surface area contributed by atoms with Crippen LogP contribution in [-0.2, 0) is 14.3 Å². The summed E-state index contributed by atoms with van der Waals surface area (Å²) in [5.74, 6) is -0.275. The second kappa shape index (κ2) is 7.44. The Hall–Kier alpha value is -0.830. The van der Waals surface area contributed by atoms with Crippen molar-refractivity contribution in [3.63, 3.8) is 0 Å². The van der Waals surface area contributed by atoms with Crippen LogP contribution in [0.15, 0.2) is 11.6 Å².